The summed E-state index contributed by atoms with van der Waals surface area (Å²) in [6, 6.07) is 9.40. The summed E-state index contributed by atoms with van der Waals surface area (Å²) in [4.78, 5) is 94.1. The van der Waals surface area contributed by atoms with Gasteiger partial charge in [-0.15, -0.1) is 0 Å². The standard InChI is InChI=1S/C45H55N3O16/c1-22-28(62-39(55)33(52)32(25-13-11-10-12-14-25)46-40(56)64-41(4,5)6)20-45(57)36(47-38(54)26-15-17-27(18-16-26)48(58)59)35-43(9,29(51)19-30-44(35,21-60-30)63-24(3)50)37(53)34(61-23(2)49)31(22)42(45,7)8/h10-18,28-30,32-36,51-52,57H,19-21H2,1-9H3,(H,46,56)(H,47,54)/t28-,29-,30+,32-,33+,34+,35-,36-,43+,44-,45+/m0/s1. The molecule has 6 rings (SSSR count). The highest BCUT2D eigenvalue weighted by Crippen LogP contribution is 2.63. The van der Waals surface area contributed by atoms with Gasteiger partial charge in [-0.3, -0.25) is 29.3 Å². The number of ether oxygens (including phenoxy) is 5. The number of ketones is 1. The van der Waals surface area contributed by atoms with Crippen molar-refractivity contribution in [3.63, 3.8) is 0 Å². The highest BCUT2D eigenvalue weighted by Gasteiger charge is 2.77. The van der Waals surface area contributed by atoms with Gasteiger partial charge in [0.05, 0.1) is 40.7 Å². The van der Waals surface area contributed by atoms with E-state index in [2.05, 4.69) is 10.6 Å². The number of nitro groups is 1. The number of fused-ring (bicyclic) bond motifs is 5. The number of alkyl carbamates (subject to hydrolysis) is 1. The molecule has 2 aromatic rings. The predicted octanol–water partition coefficient (Wildman–Crippen LogP) is 3.31. The molecule has 3 fully saturated rings. The fourth-order valence-electron chi connectivity index (χ4n) is 10.1. The van der Waals surface area contributed by atoms with Gasteiger partial charge in [-0.1, -0.05) is 44.2 Å². The number of rotatable bonds is 10. The van der Waals surface area contributed by atoms with Gasteiger partial charge in [0.2, 0.25) is 0 Å². The number of esters is 3. The number of carbonyl (C=O) groups is 6. The summed E-state index contributed by atoms with van der Waals surface area (Å²) in [5.74, 6) is -6.41. The van der Waals surface area contributed by atoms with Gasteiger partial charge >= 0.3 is 24.0 Å². The molecule has 3 aliphatic carbocycles. The van der Waals surface area contributed by atoms with Crippen molar-refractivity contribution < 1.29 is 72.7 Å². The van der Waals surface area contributed by atoms with E-state index >= 15 is 4.79 Å². The second-order valence-electron chi connectivity index (χ2n) is 18.7. The molecule has 2 saturated carbocycles. The fourth-order valence-corrected chi connectivity index (χ4v) is 10.1. The molecule has 1 heterocycles. The third kappa shape index (κ3) is 8.25. The van der Waals surface area contributed by atoms with Crippen molar-refractivity contribution >= 4 is 41.4 Å². The predicted molar refractivity (Wildman–Crippen MR) is 222 cm³/mol. The Bertz CT molecular complexity index is 2260. The SMILES string of the molecule is CC(=O)O[C@H]1C(=O)[C@@]2(C)[C@H]([C@H](NC(=O)c3ccc([N+](=O)[O-])cc3)[C@]3(O)C[C@H](OC(=O)[C@H](O)[C@@H](NC(=O)OC(C)(C)C)c4ccccc4)C(C)=C1C3(C)C)[C@]1(OC(C)=O)CO[C@@H]1C[C@@H]2O. The molecule has 0 spiro atoms. The maximum absolute atomic E-state index is 15.5. The van der Waals surface area contributed by atoms with Crippen LogP contribution in [-0.2, 0) is 42.9 Å². The normalized spacial score (nSPS) is 31.5. The Kier molecular flexibility index (Phi) is 12.7. The van der Waals surface area contributed by atoms with Gasteiger partial charge < -0.3 is 49.6 Å². The van der Waals surface area contributed by atoms with Crippen LogP contribution in [0.15, 0.2) is 65.7 Å². The van der Waals surface area contributed by atoms with E-state index < -0.39 is 123 Å². The molecule has 0 aromatic heterocycles. The molecule has 2 bridgehead atoms. The maximum atomic E-state index is 15.5. The Morgan fingerprint density at radius 3 is 2.12 bits per heavy atom. The first-order valence-electron chi connectivity index (χ1n) is 20.8. The Balaban J connectivity index is 1.54. The molecule has 0 unspecified atom stereocenters. The van der Waals surface area contributed by atoms with E-state index in [0.717, 1.165) is 26.0 Å². The van der Waals surface area contributed by atoms with Crippen molar-refractivity contribution in [2.24, 2.45) is 16.7 Å². The molecular weight excluding hydrogens is 838 g/mol. The van der Waals surface area contributed by atoms with Crippen LogP contribution in [0.1, 0.15) is 97.1 Å². The highest BCUT2D eigenvalue weighted by atomic mass is 16.6. The largest absolute Gasteiger partial charge is 0.456 e. The lowest BCUT2D eigenvalue weighted by molar-refractivity contribution is -0.384. The van der Waals surface area contributed by atoms with Gasteiger partial charge in [-0.25, -0.2) is 9.59 Å². The lowest BCUT2D eigenvalue weighted by Gasteiger charge is -2.68. The monoisotopic (exact) mass is 893 g/mol. The van der Waals surface area contributed by atoms with Gasteiger partial charge in [-0.2, -0.15) is 0 Å². The Labute approximate surface area is 368 Å². The number of aliphatic hydroxyl groups is 3. The van der Waals surface area contributed by atoms with Crippen molar-refractivity contribution in [3.05, 3.63) is 87.0 Å². The van der Waals surface area contributed by atoms with Crippen LogP contribution < -0.4 is 10.6 Å². The third-order valence-corrected chi connectivity index (χ3v) is 13.3. The molecule has 5 N–H and O–H groups in total. The summed E-state index contributed by atoms with van der Waals surface area (Å²) in [5.41, 5.74) is -9.03. The van der Waals surface area contributed by atoms with Crippen molar-refractivity contribution in [2.45, 2.75) is 135 Å². The second kappa shape index (κ2) is 17.0. The Hall–Kier alpha value is -5.76. The molecule has 19 heteroatoms. The molecule has 1 saturated heterocycles. The molecule has 11 atom stereocenters. The van der Waals surface area contributed by atoms with Crippen LogP contribution in [0.3, 0.4) is 0 Å². The summed E-state index contributed by atoms with van der Waals surface area (Å²) in [6.07, 6.45) is -9.99. The summed E-state index contributed by atoms with van der Waals surface area (Å²) in [5, 5.41) is 54.4. The van der Waals surface area contributed by atoms with E-state index in [-0.39, 0.29) is 35.4 Å². The smallest absolute Gasteiger partial charge is 0.408 e. The first-order chi connectivity index (χ1) is 29.7. The molecule has 19 nitrogen and oxygen atoms in total. The molecular formula is C45H55N3O16. The molecule has 1 aliphatic heterocycles. The van der Waals surface area contributed by atoms with Gasteiger partial charge in [0, 0.05) is 55.7 Å². The van der Waals surface area contributed by atoms with E-state index in [4.69, 9.17) is 23.7 Å². The Morgan fingerprint density at radius 2 is 1.59 bits per heavy atom. The van der Waals surface area contributed by atoms with Crippen molar-refractivity contribution in [1.29, 1.82) is 0 Å². The number of nitrogens with one attached hydrogen (secondary N) is 2. The zero-order chi connectivity index (χ0) is 47.5. The number of nitro benzene ring substituents is 1. The molecule has 64 heavy (non-hydrogen) atoms. The van der Waals surface area contributed by atoms with E-state index in [0.29, 0.717) is 5.56 Å². The first-order valence-corrected chi connectivity index (χ1v) is 20.8. The Morgan fingerprint density at radius 1 is 0.969 bits per heavy atom. The van der Waals surface area contributed by atoms with Gasteiger partial charge in [-0.05, 0) is 63.5 Å². The number of amides is 2. The van der Waals surface area contributed by atoms with Crippen molar-refractivity contribution in [2.75, 3.05) is 6.61 Å². The number of Topliss-reactive ketones (excluding diaryl/α,β-unsaturated/α-hetero) is 1. The van der Waals surface area contributed by atoms with Gasteiger partial charge in [0.1, 0.15) is 17.8 Å². The van der Waals surface area contributed by atoms with E-state index in [1.54, 1.807) is 51.1 Å². The zero-order valence-electron chi connectivity index (χ0n) is 37.0. The lowest BCUT2D eigenvalue weighted by atomic mass is 9.44. The number of nitrogens with zero attached hydrogens (tertiary/aromatic N) is 1. The van der Waals surface area contributed by atoms with Gasteiger partial charge in [0.25, 0.3) is 11.6 Å². The van der Waals surface area contributed by atoms with Crippen molar-refractivity contribution in [3.8, 4) is 0 Å². The van der Waals surface area contributed by atoms with E-state index in [1.807, 2.05) is 0 Å². The summed E-state index contributed by atoms with van der Waals surface area (Å²) >= 11 is 0. The minimum Gasteiger partial charge on any atom is -0.456 e. The minimum atomic E-state index is -2.41. The number of hydrogen-bond donors (Lipinski definition) is 5. The van der Waals surface area contributed by atoms with Crippen LogP contribution in [0, 0.1) is 26.9 Å². The number of benzene rings is 2. The van der Waals surface area contributed by atoms with Crippen LogP contribution in [0.4, 0.5) is 10.5 Å². The zero-order valence-corrected chi connectivity index (χ0v) is 37.0. The molecule has 346 valence electrons. The molecule has 4 aliphatic rings. The first kappa shape index (κ1) is 47.7. The average Bonchev–Trinajstić information content (AvgIpc) is 3.20. The topological polar surface area (TPSA) is 276 Å². The van der Waals surface area contributed by atoms with Crippen LogP contribution in [0.25, 0.3) is 0 Å². The van der Waals surface area contributed by atoms with Crippen LogP contribution in [-0.4, -0.2) is 116 Å². The quantitative estimate of drug-likeness (QED) is 0.0752. The number of hydrogen-bond acceptors (Lipinski definition) is 16. The molecule has 0 radical (unpaired) electrons. The van der Waals surface area contributed by atoms with Crippen LogP contribution in [0.2, 0.25) is 0 Å². The molecule has 2 amide bonds. The number of carbonyl (C=O) groups excluding carboxylic acids is 6. The lowest BCUT2D eigenvalue weighted by Crippen LogP contribution is -2.83. The number of aliphatic hydroxyl groups excluding tert-OH is 2. The molecule has 2 aromatic carbocycles. The fraction of sp³-hybridized carbons (Fsp3) is 0.556. The van der Waals surface area contributed by atoms with E-state index in [1.165, 1.54) is 39.8 Å². The summed E-state index contributed by atoms with van der Waals surface area (Å²) in [6.45, 7) is 12.6. The highest BCUT2D eigenvalue weighted by molar-refractivity contribution is 5.97. The summed E-state index contributed by atoms with van der Waals surface area (Å²) < 4.78 is 29.2. The van der Waals surface area contributed by atoms with Gasteiger partial charge in [0.15, 0.2) is 23.6 Å². The minimum absolute atomic E-state index is 0.0461. The third-order valence-electron chi connectivity index (χ3n) is 13.3. The van der Waals surface area contributed by atoms with Crippen LogP contribution in [0.5, 0.6) is 0 Å². The second-order valence-corrected chi connectivity index (χ2v) is 18.7. The maximum Gasteiger partial charge on any atom is 0.408 e. The van der Waals surface area contributed by atoms with Crippen molar-refractivity contribution in [1.82, 2.24) is 10.6 Å². The average molecular weight is 894 g/mol. The van der Waals surface area contributed by atoms with E-state index in [9.17, 15) is 49.4 Å². The number of non-ortho nitro benzene ring substituents is 1. The van der Waals surface area contributed by atoms with Crippen LogP contribution >= 0.6 is 0 Å². The summed E-state index contributed by atoms with van der Waals surface area (Å²) in [7, 11) is 0.